The Balaban J connectivity index is 4.89. The standard InChI is InChI=1S/C29H59O2Si/c1-5-9-13-16-19-22-26-32(31-29(30)25-12-8-4,27-23-20-17-14-10-6-2)28-24-21-18-15-11-7-3/h4-28H2,1-3H3. The van der Waals surface area contributed by atoms with E-state index in [0.717, 1.165) is 12.8 Å². The van der Waals surface area contributed by atoms with Crippen LogP contribution in [-0.4, -0.2) is 14.3 Å². The molecule has 3 heteroatoms. The molecule has 0 heterocycles. The molecule has 1 radical (unpaired) electrons. The number of hydrogen-bond donors (Lipinski definition) is 0. The van der Waals surface area contributed by atoms with Crippen molar-refractivity contribution >= 4 is 14.3 Å². The first-order valence-electron chi connectivity index (χ1n) is 14.6. The van der Waals surface area contributed by atoms with E-state index in [1.165, 1.54) is 134 Å². The summed E-state index contributed by atoms with van der Waals surface area (Å²) in [5, 5.41) is 0. The minimum Gasteiger partial charge on any atom is -0.519 e. The first-order valence-corrected chi connectivity index (χ1v) is 17.2. The summed E-state index contributed by atoms with van der Waals surface area (Å²) in [4.78, 5) is 12.7. The van der Waals surface area contributed by atoms with Gasteiger partial charge in [0.25, 0.3) is 14.3 Å². The van der Waals surface area contributed by atoms with Crippen LogP contribution >= 0.6 is 0 Å². The van der Waals surface area contributed by atoms with E-state index in [-0.39, 0.29) is 5.97 Å². The third-order valence-corrected chi connectivity index (χ3v) is 11.4. The van der Waals surface area contributed by atoms with Crippen LogP contribution in [0.15, 0.2) is 0 Å². The molecule has 0 fully saturated rings. The smallest absolute Gasteiger partial charge is 0.292 e. The molecular formula is C29H59O2Si. The minimum atomic E-state index is -1.98. The fourth-order valence-corrected chi connectivity index (χ4v) is 9.10. The van der Waals surface area contributed by atoms with Gasteiger partial charge in [-0.1, -0.05) is 150 Å². The van der Waals surface area contributed by atoms with Crippen LogP contribution in [-0.2, 0) is 9.22 Å². The van der Waals surface area contributed by atoms with Crippen LogP contribution < -0.4 is 0 Å². The van der Waals surface area contributed by atoms with Gasteiger partial charge in [0.05, 0.1) is 0 Å². The number of hydrogen-bond acceptors (Lipinski definition) is 2. The Morgan fingerprint density at radius 3 is 1.25 bits per heavy atom. The van der Waals surface area contributed by atoms with Crippen molar-refractivity contribution in [2.24, 2.45) is 0 Å². The van der Waals surface area contributed by atoms with Crippen molar-refractivity contribution < 1.29 is 9.22 Å². The molecule has 191 valence electrons. The largest absolute Gasteiger partial charge is 0.519 e. The van der Waals surface area contributed by atoms with Gasteiger partial charge in [-0.25, -0.2) is 0 Å². The molecule has 0 saturated heterocycles. The van der Waals surface area contributed by atoms with Crippen molar-refractivity contribution in [1.82, 2.24) is 0 Å². The first kappa shape index (κ1) is 31.7. The van der Waals surface area contributed by atoms with Gasteiger partial charge in [-0.05, 0) is 24.6 Å². The molecule has 0 aromatic heterocycles. The predicted octanol–water partition coefficient (Wildman–Crippen LogP) is 10.6. The molecule has 0 amide bonds. The van der Waals surface area contributed by atoms with Crippen LogP contribution in [0.4, 0.5) is 0 Å². The topological polar surface area (TPSA) is 26.3 Å². The van der Waals surface area contributed by atoms with Crippen LogP contribution in [0.5, 0.6) is 0 Å². The van der Waals surface area contributed by atoms with Gasteiger partial charge >= 0.3 is 0 Å². The molecular weight excluding hydrogens is 408 g/mol. The Morgan fingerprint density at radius 2 is 0.906 bits per heavy atom. The lowest BCUT2D eigenvalue weighted by atomic mass is 10.1. The quantitative estimate of drug-likeness (QED) is 0.0985. The summed E-state index contributed by atoms with van der Waals surface area (Å²) in [6.07, 6.45) is 26.2. The van der Waals surface area contributed by atoms with Gasteiger partial charge in [0.2, 0.25) is 0 Å². The van der Waals surface area contributed by atoms with Crippen LogP contribution in [0.3, 0.4) is 0 Å². The van der Waals surface area contributed by atoms with Gasteiger partial charge in [0.1, 0.15) is 0 Å². The van der Waals surface area contributed by atoms with E-state index in [1.807, 2.05) is 0 Å². The maximum atomic E-state index is 12.7. The highest BCUT2D eigenvalue weighted by Gasteiger charge is 2.36. The Morgan fingerprint density at radius 1 is 0.562 bits per heavy atom. The molecule has 0 unspecified atom stereocenters. The molecule has 32 heavy (non-hydrogen) atoms. The highest BCUT2D eigenvalue weighted by molar-refractivity contribution is 6.75. The van der Waals surface area contributed by atoms with E-state index < -0.39 is 8.32 Å². The van der Waals surface area contributed by atoms with Gasteiger partial charge in [0.15, 0.2) is 0 Å². The number of carbonyl (C=O) groups excluding carboxylic acids is 1. The van der Waals surface area contributed by atoms with Crippen molar-refractivity contribution in [1.29, 1.82) is 0 Å². The highest BCUT2D eigenvalue weighted by atomic mass is 28.4. The van der Waals surface area contributed by atoms with E-state index in [4.69, 9.17) is 4.43 Å². The monoisotopic (exact) mass is 467 g/mol. The summed E-state index contributed by atoms with van der Waals surface area (Å²) < 4.78 is 6.50. The molecule has 0 saturated carbocycles. The molecule has 2 nitrogen and oxygen atoms in total. The van der Waals surface area contributed by atoms with E-state index in [0.29, 0.717) is 6.42 Å². The van der Waals surface area contributed by atoms with Crippen molar-refractivity contribution in [3.8, 4) is 0 Å². The fourth-order valence-electron chi connectivity index (χ4n) is 4.77. The molecule has 0 atom stereocenters. The highest BCUT2D eigenvalue weighted by Crippen LogP contribution is 2.32. The van der Waals surface area contributed by atoms with Gasteiger partial charge in [0, 0.05) is 6.42 Å². The Kier molecular flexibility index (Phi) is 23.6. The first-order chi connectivity index (χ1) is 15.6. The zero-order valence-electron chi connectivity index (χ0n) is 22.5. The molecule has 0 aliphatic rings. The van der Waals surface area contributed by atoms with Crippen LogP contribution in [0.25, 0.3) is 0 Å². The summed E-state index contributed by atoms with van der Waals surface area (Å²) in [5.74, 6) is 0.0864. The summed E-state index contributed by atoms with van der Waals surface area (Å²) in [7, 11) is -1.98. The molecule has 0 aliphatic carbocycles. The molecule has 0 rings (SSSR count). The average molecular weight is 468 g/mol. The molecule has 0 spiro atoms. The number of rotatable bonds is 25. The predicted molar refractivity (Wildman–Crippen MR) is 146 cm³/mol. The van der Waals surface area contributed by atoms with E-state index in [9.17, 15) is 4.79 Å². The van der Waals surface area contributed by atoms with Gasteiger partial charge in [-0.15, -0.1) is 0 Å². The van der Waals surface area contributed by atoms with Crippen LogP contribution in [0.2, 0.25) is 18.1 Å². The van der Waals surface area contributed by atoms with Crippen LogP contribution in [0.1, 0.15) is 156 Å². The second kappa shape index (κ2) is 23.8. The normalized spacial score (nSPS) is 11.8. The Labute approximate surface area is 204 Å². The van der Waals surface area contributed by atoms with Crippen LogP contribution in [0, 0.1) is 6.92 Å². The lowest BCUT2D eigenvalue weighted by molar-refractivity contribution is -0.135. The maximum Gasteiger partial charge on any atom is 0.292 e. The van der Waals surface area contributed by atoms with E-state index in [1.54, 1.807) is 0 Å². The third-order valence-electron chi connectivity index (χ3n) is 6.92. The molecule has 0 aromatic rings. The lowest BCUT2D eigenvalue weighted by Gasteiger charge is -2.32. The summed E-state index contributed by atoms with van der Waals surface area (Å²) >= 11 is 0. The fraction of sp³-hybridized carbons (Fsp3) is 0.931. The van der Waals surface area contributed by atoms with Gasteiger partial charge in [-0.3, -0.25) is 4.79 Å². The number of unbranched alkanes of at least 4 members (excludes halogenated alkanes) is 16. The molecule has 0 bridgehead atoms. The second-order valence-electron chi connectivity index (χ2n) is 10.2. The Bertz CT molecular complexity index is 356. The van der Waals surface area contributed by atoms with Crippen molar-refractivity contribution in [3.05, 3.63) is 6.92 Å². The maximum absolute atomic E-state index is 12.7. The third kappa shape index (κ3) is 19.2. The van der Waals surface area contributed by atoms with Crippen molar-refractivity contribution in [3.63, 3.8) is 0 Å². The minimum absolute atomic E-state index is 0.0864. The number of carbonyl (C=O) groups is 1. The summed E-state index contributed by atoms with van der Waals surface area (Å²) in [5.41, 5.74) is 0. The summed E-state index contributed by atoms with van der Waals surface area (Å²) in [6.45, 7) is 10.8. The zero-order chi connectivity index (χ0) is 23.8. The molecule has 0 N–H and O–H groups in total. The van der Waals surface area contributed by atoms with Gasteiger partial charge < -0.3 is 4.43 Å². The van der Waals surface area contributed by atoms with Crippen molar-refractivity contribution in [2.75, 3.05) is 0 Å². The van der Waals surface area contributed by atoms with E-state index in [2.05, 4.69) is 27.7 Å². The second-order valence-corrected chi connectivity index (χ2v) is 14.2. The average Bonchev–Trinajstić information content (AvgIpc) is 2.79. The molecule has 0 aliphatic heterocycles. The zero-order valence-corrected chi connectivity index (χ0v) is 23.5. The lowest BCUT2D eigenvalue weighted by Crippen LogP contribution is -2.40. The van der Waals surface area contributed by atoms with Gasteiger partial charge in [-0.2, -0.15) is 0 Å². The van der Waals surface area contributed by atoms with Crippen molar-refractivity contribution in [2.45, 2.75) is 174 Å². The summed E-state index contributed by atoms with van der Waals surface area (Å²) in [6, 6.07) is 3.62. The molecule has 0 aromatic carbocycles. The SMILES string of the molecule is [CH2]CCCC(=O)O[Si](CCCCCCCC)(CCCCCCCC)CCCCCCCC. The Hall–Kier alpha value is -0.313. The van der Waals surface area contributed by atoms with E-state index >= 15 is 0 Å².